The topological polar surface area (TPSA) is 44.3 Å². The molecule has 1 saturated carbocycles. The van der Waals surface area contributed by atoms with Crippen LogP contribution in [0, 0.1) is 17.6 Å². The van der Waals surface area contributed by atoms with Gasteiger partial charge in [-0.25, -0.2) is 23.1 Å². The number of likely N-dealkylation sites (N-methyl/N-ethyl adjacent to an activating group) is 1. The summed E-state index contributed by atoms with van der Waals surface area (Å²) in [6, 6.07) is 3.57. The number of nitrogens with one attached hydrogen (secondary N) is 1. The average molecular weight is 432 g/mol. The molecule has 1 aromatic carbocycles. The number of aromatic nitrogens is 2. The number of halogens is 3. The molecule has 1 aliphatic carbocycles. The first-order chi connectivity index (χ1) is 15.0. The molecule has 3 aliphatic rings. The highest BCUT2D eigenvalue weighted by molar-refractivity contribution is 5.63. The molecular formula is C23H28F3N5. The summed E-state index contributed by atoms with van der Waals surface area (Å²) in [6.45, 7) is 3.03. The zero-order chi connectivity index (χ0) is 21.5. The number of anilines is 2. The summed E-state index contributed by atoms with van der Waals surface area (Å²) in [6.07, 6.45) is 2.92. The molecule has 1 atom stereocenters. The maximum absolute atomic E-state index is 15.0. The van der Waals surface area contributed by atoms with Crippen molar-refractivity contribution in [3.05, 3.63) is 46.8 Å². The van der Waals surface area contributed by atoms with E-state index >= 15 is 4.39 Å². The Hall–Kier alpha value is -2.35. The van der Waals surface area contributed by atoms with Gasteiger partial charge in [-0.2, -0.15) is 0 Å². The number of hydrogen-bond acceptors (Lipinski definition) is 5. The van der Waals surface area contributed by atoms with Crippen molar-refractivity contribution in [3.63, 3.8) is 0 Å². The Morgan fingerprint density at radius 1 is 1.03 bits per heavy atom. The highest BCUT2D eigenvalue weighted by Gasteiger charge is 2.32. The molecule has 5 nitrogen and oxygen atoms in total. The molecule has 2 fully saturated rings. The third kappa shape index (κ3) is 4.35. The molecule has 0 unspecified atom stereocenters. The first-order valence-corrected chi connectivity index (χ1v) is 11.2. The molecule has 3 heterocycles. The average Bonchev–Trinajstić information content (AvgIpc) is 3.57. The lowest BCUT2D eigenvalue weighted by atomic mass is 9.88. The lowest BCUT2D eigenvalue weighted by Crippen LogP contribution is -2.37. The second-order valence-electron chi connectivity index (χ2n) is 9.09. The summed E-state index contributed by atoms with van der Waals surface area (Å²) in [4.78, 5) is 14.3. The van der Waals surface area contributed by atoms with Crippen molar-refractivity contribution in [2.45, 2.75) is 50.9 Å². The van der Waals surface area contributed by atoms with Crippen LogP contribution in [0.4, 0.5) is 24.8 Å². The van der Waals surface area contributed by atoms with Crippen LogP contribution in [0.2, 0.25) is 0 Å². The number of rotatable bonds is 5. The molecule has 0 spiro atoms. The Morgan fingerprint density at radius 3 is 2.52 bits per heavy atom. The maximum Gasteiger partial charge on any atom is 0.172 e. The summed E-state index contributed by atoms with van der Waals surface area (Å²) in [5, 5.41) is 3.53. The van der Waals surface area contributed by atoms with Gasteiger partial charge in [-0.15, -0.1) is 0 Å². The van der Waals surface area contributed by atoms with Crippen LogP contribution in [0.5, 0.6) is 0 Å². The van der Waals surface area contributed by atoms with Crippen molar-refractivity contribution in [1.82, 2.24) is 14.9 Å². The summed E-state index contributed by atoms with van der Waals surface area (Å²) in [5.41, 5.74) is 2.03. The van der Waals surface area contributed by atoms with E-state index in [-0.39, 0.29) is 11.5 Å². The van der Waals surface area contributed by atoms with Gasteiger partial charge < -0.3 is 15.1 Å². The fourth-order valence-electron chi connectivity index (χ4n) is 4.57. The summed E-state index contributed by atoms with van der Waals surface area (Å²) in [7, 11) is 2.09. The van der Waals surface area contributed by atoms with E-state index in [1.807, 2.05) is 0 Å². The number of alkyl halides is 1. The molecule has 1 N–H and O–H groups in total. The van der Waals surface area contributed by atoms with Crippen molar-refractivity contribution in [2.24, 2.45) is 5.92 Å². The van der Waals surface area contributed by atoms with E-state index in [1.165, 1.54) is 6.07 Å². The Bertz CT molecular complexity index is 956. The molecule has 2 aliphatic heterocycles. The van der Waals surface area contributed by atoms with E-state index in [4.69, 9.17) is 9.97 Å². The smallest absolute Gasteiger partial charge is 0.172 e. The number of benzene rings is 1. The van der Waals surface area contributed by atoms with Crippen molar-refractivity contribution in [2.75, 3.05) is 36.9 Å². The highest BCUT2D eigenvalue weighted by atomic mass is 19.1. The van der Waals surface area contributed by atoms with Crippen molar-refractivity contribution in [1.29, 1.82) is 0 Å². The molecule has 31 heavy (non-hydrogen) atoms. The van der Waals surface area contributed by atoms with E-state index in [9.17, 15) is 8.78 Å². The highest BCUT2D eigenvalue weighted by Crippen LogP contribution is 2.38. The van der Waals surface area contributed by atoms with Crippen LogP contribution >= 0.6 is 0 Å². The van der Waals surface area contributed by atoms with Gasteiger partial charge in [-0.05, 0) is 44.7 Å². The van der Waals surface area contributed by atoms with E-state index in [0.29, 0.717) is 32.0 Å². The lowest BCUT2D eigenvalue weighted by Gasteiger charge is -2.36. The first-order valence-electron chi connectivity index (χ1n) is 11.2. The molecule has 0 bridgehead atoms. The molecule has 1 saturated heterocycles. The second-order valence-corrected chi connectivity index (χ2v) is 9.09. The minimum absolute atomic E-state index is 0.0486. The number of nitrogens with zero attached hydrogens (tertiary/aromatic N) is 4. The SMILES string of the molecule is CN1CCc2nc(NC3CC3)c(N3CCC([C@H](F)c4ccc(F)cc4F)CC3)nc2C1. The van der Waals surface area contributed by atoms with E-state index in [2.05, 4.69) is 22.2 Å². The lowest BCUT2D eigenvalue weighted by molar-refractivity contribution is 0.193. The molecular weight excluding hydrogens is 403 g/mol. The monoisotopic (exact) mass is 431 g/mol. The maximum atomic E-state index is 15.0. The summed E-state index contributed by atoms with van der Waals surface area (Å²) in [5.74, 6) is -0.104. The van der Waals surface area contributed by atoms with Crippen LogP contribution in [0.1, 0.15) is 48.8 Å². The molecule has 5 rings (SSSR count). The standard InChI is InChI=1S/C23H28F3N5/c1-30-9-8-19-20(13-30)29-23(22(28-19)27-16-3-4-16)31-10-6-14(7-11-31)21(26)17-5-2-15(24)12-18(17)25/h2,5,12,14,16,21H,3-4,6-11,13H2,1H3,(H,27,28)/t21-/m0/s1. The zero-order valence-electron chi connectivity index (χ0n) is 17.8. The Labute approximate surface area is 180 Å². The predicted octanol–water partition coefficient (Wildman–Crippen LogP) is 4.24. The van der Waals surface area contributed by atoms with Gasteiger partial charge in [0.15, 0.2) is 11.6 Å². The van der Waals surface area contributed by atoms with Gasteiger partial charge >= 0.3 is 0 Å². The van der Waals surface area contributed by atoms with Gasteiger partial charge in [0.2, 0.25) is 0 Å². The van der Waals surface area contributed by atoms with Crippen LogP contribution in [-0.4, -0.2) is 47.6 Å². The van der Waals surface area contributed by atoms with Gasteiger partial charge in [-0.1, -0.05) is 6.07 Å². The molecule has 8 heteroatoms. The Balaban J connectivity index is 1.33. The fourth-order valence-corrected chi connectivity index (χ4v) is 4.57. The van der Waals surface area contributed by atoms with Crippen LogP contribution in [0.25, 0.3) is 0 Å². The molecule has 0 amide bonds. The fraction of sp³-hybridized carbons (Fsp3) is 0.565. The quantitative estimate of drug-likeness (QED) is 0.767. The Kier molecular flexibility index (Phi) is 5.50. The predicted molar refractivity (Wildman–Crippen MR) is 114 cm³/mol. The number of hydrogen-bond donors (Lipinski definition) is 1. The summed E-state index contributed by atoms with van der Waals surface area (Å²) < 4.78 is 42.3. The van der Waals surface area contributed by atoms with Gasteiger partial charge in [0.25, 0.3) is 0 Å². The van der Waals surface area contributed by atoms with Crippen LogP contribution in [0.3, 0.4) is 0 Å². The normalized spacial score (nSPS) is 21.1. The number of piperidine rings is 1. The zero-order valence-corrected chi connectivity index (χ0v) is 17.8. The van der Waals surface area contributed by atoms with Crippen molar-refractivity contribution in [3.8, 4) is 0 Å². The van der Waals surface area contributed by atoms with Crippen molar-refractivity contribution < 1.29 is 13.2 Å². The first kappa shape index (κ1) is 20.5. The van der Waals surface area contributed by atoms with Gasteiger partial charge in [0.1, 0.15) is 17.8 Å². The van der Waals surface area contributed by atoms with E-state index in [1.54, 1.807) is 0 Å². The van der Waals surface area contributed by atoms with Crippen LogP contribution in [-0.2, 0) is 13.0 Å². The molecule has 1 aromatic heterocycles. The largest absolute Gasteiger partial charge is 0.364 e. The third-order valence-electron chi connectivity index (χ3n) is 6.61. The van der Waals surface area contributed by atoms with E-state index < -0.39 is 17.8 Å². The minimum atomic E-state index is -1.44. The Morgan fingerprint density at radius 2 is 1.81 bits per heavy atom. The van der Waals surface area contributed by atoms with Gasteiger partial charge in [0.05, 0.1) is 11.4 Å². The molecule has 166 valence electrons. The second kappa shape index (κ2) is 8.30. The van der Waals surface area contributed by atoms with Crippen molar-refractivity contribution >= 4 is 11.6 Å². The van der Waals surface area contributed by atoms with Crippen LogP contribution in [0.15, 0.2) is 18.2 Å². The van der Waals surface area contributed by atoms with Gasteiger partial charge in [0, 0.05) is 50.3 Å². The summed E-state index contributed by atoms with van der Waals surface area (Å²) >= 11 is 0. The number of fused-ring (bicyclic) bond motifs is 1. The van der Waals surface area contributed by atoms with Gasteiger partial charge in [-0.3, -0.25) is 0 Å². The molecule has 0 radical (unpaired) electrons. The minimum Gasteiger partial charge on any atom is -0.364 e. The van der Waals surface area contributed by atoms with Crippen LogP contribution < -0.4 is 10.2 Å². The third-order valence-corrected chi connectivity index (χ3v) is 6.61. The van der Waals surface area contributed by atoms with E-state index in [0.717, 1.165) is 67.5 Å². The molecule has 2 aromatic rings.